The standard InChI is InChI=1S/C28H24N2S2/c1-19-15-27(29-25-9-5-3-7-23(19)25)31-17-21-11-13-22(14-12-21)18-32-28-16-20(2)24-8-4-6-10-26(24)30-28/h3-16H,17-18H2,1-2H3. The van der Waals surface area contributed by atoms with Crippen molar-refractivity contribution in [2.75, 3.05) is 0 Å². The minimum absolute atomic E-state index is 0.920. The van der Waals surface area contributed by atoms with E-state index in [4.69, 9.17) is 9.97 Å². The van der Waals surface area contributed by atoms with E-state index in [2.05, 4.69) is 98.8 Å². The number of pyridine rings is 2. The molecule has 2 nitrogen and oxygen atoms in total. The first-order valence-corrected chi connectivity index (χ1v) is 12.7. The van der Waals surface area contributed by atoms with Gasteiger partial charge in [0.2, 0.25) is 0 Å². The van der Waals surface area contributed by atoms with Gasteiger partial charge in [-0.1, -0.05) is 60.7 Å². The maximum atomic E-state index is 4.81. The van der Waals surface area contributed by atoms with Gasteiger partial charge in [-0.15, -0.1) is 23.5 Å². The molecule has 0 spiro atoms. The molecule has 0 fully saturated rings. The second-order valence-corrected chi connectivity index (χ2v) is 9.97. The third-order valence-corrected chi connectivity index (χ3v) is 7.56. The molecule has 5 aromatic rings. The fourth-order valence-corrected chi connectivity index (χ4v) is 5.69. The molecule has 32 heavy (non-hydrogen) atoms. The van der Waals surface area contributed by atoms with E-state index in [-0.39, 0.29) is 0 Å². The van der Waals surface area contributed by atoms with E-state index in [1.807, 2.05) is 0 Å². The van der Waals surface area contributed by atoms with Crippen LogP contribution in [0.4, 0.5) is 0 Å². The maximum Gasteiger partial charge on any atom is 0.0973 e. The number of thioether (sulfide) groups is 2. The van der Waals surface area contributed by atoms with Crippen LogP contribution in [-0.2, 0) is 11.5 Å². The van der Waals surface area contributed by atoms with Crippen LogP contribution in [0.3, 0.4) is 0 Å². The monoisotopic (exact) mass is 452 g/mol. The molecule has 0 amide bonds. The summed E-state index contributed by atoms with van der Waals surface area (Å²) in [6.45, 7) is 4.32. The Morgan fingerprint density at radius 1 is 0.562 bits per heavy atom. The number of aryl methyl sites for hydroxylation is 2. The van der Waals surface area contributed by atoms with Crippen molar-refractivity contribution >= 4 is 45.3 Å². The van der Waals surface area contributed by atoms with Crippen LogP contribution in [0.5, 0.6) is 0 Å². The lowest BCUT2D eigenvalue weighted by atomic mass is 10.1. The van der Waals surface area contributed by atoms with Crippen LogP contribution in [0.1, 0.15) is 22.3 Å². The number of fused-ring (bicyclic) bond motifs is 2. The van der Waals surface area contributed by atoms with Crippen LogP contribution < -0.4 is 0 Å². The highest BCUT2D eigenvalue weighted by Gasteiger charge is 2.06. The number of rotatable bonds is 6. The van der Waals surface area contributed by atoms with Gasteiger partial charge in [0.15, 0.2) is 0 Å². The van der Waals surface area contributed by atoms with Crippen molar-refractivity contribution in [1.82, 2.24) is 9.97 Å². The second-order valence-electron chi connectivity index (χ2n) is 7.98. The first-order chi connectivity index (χ1) is 15.7. The SMILES string of the molecule is Cc1cc(SCc2ccc(CSc3cc(C)c4ccccc4n3)cc2)nc2ccccc12. The fraction of sp³-hybridized carbons (Fsp3) is 0.143. The lowest BCUT2D eigenvalue weighted by Gasteiger charge is -2.08. The minimum Gasteiger partial charge on any atom is -0.241 e. The average molecular weight is 453 g/mol. The normalized spacial score (nSPS) is 11.3. The van der Waals surface area contributed by atoms with Crippen LogP contribution in [0, 0.1) is 13.8 Å². The van der Waals surface area contributed by atoms with Crippen molar-refractivity contribution in [2.45, 2.75) is 35.4 Å². The van der Waals surface area contributed by atoms with Crippen LogP contribution in [0.2, 0.25) is 0 Å². The lowest BCUT2D eigenvalue weighted by molar-refractivity contribution is 1.16. The average Bonchev–Trinajstić information content (AvgIpc) is 2.82. The predicted octanol–water partition coefficient (Wildman–Crippen LogP) is 7.98. The molecule has 2 aromatic heterocycles. The van der Waals surface area contributed by atoms with Crippen LogP contribution in [0.15, 0.2) is 95.0 Å². The number of para-hydroxylation sites is 2. The maximum absolute atomic E-state index is 4.81. The van der Waals surface area contributed by atoms with Crippen molar-refractivity contribution in [3.63, 3.8) is 0 Å². The molecule has 158 valence electrons. The summed E-state index contributed by atoms with van der Waals surface area (Å²) in [5, 5.41) is 4.63. The number of aromatic nitrogens is 2. The highest BCUT2D eigenvalue weighted by molar-refractivity contribution is 7.98. The zero-order valence-electron chi connectivity index (χ0n) is 18.2. The van der Waals surface area contributed by atoms with Crippen molar-refractivity contribution < 1.29 is 0 Å². The van der Waals surface area contributed by atoms with Crippen molar-refractivity contribution in [3.05, 3.63) is 107 Å². The highest BCUT2D eigenvalue weighted by Crippen LogP contribution is 2.28. The Hall–Kier alpha value is -2.82. The Bertz CT molecular complexity index is 1290. The van der Waals surface area contributed by atoms with Crippen LogP contribution in [0.25, 0.3) is 21.8 Å². The summed E-state index contributed by atoms with van der Waals surface area (Å²) in [6, 6.07) is 30.0. The van der Waals surface area contributed by atoms with Gasteiger partial charge in [0, 0.05) is 22.3 Å². The number of nitrogens with zero attached hydrogens (tertiary/aromatic N) is 2. The van der Waals surface area contributed by atoms with E-state index in [9.17, 15) is 0 Å². The van der Waals surface area contributed by atoms with Gasteiger partial charge in [-0.05, 0) is 60.4 Å². The first kappa shape index (κ1) is 21.0. The van der Waals surface area contributed by atoms with E-state index in [0.29, 0.717) is 0 Å². The summed E-state index contributed by atoms with van der Waals surface area (Å²) in [6.07, 6.45) is 0. The smallest absolute Gasteiger partial charge is 0.0973 e. The van der Waals surface area contributed by atoms with Gasteiger partial charge >= 0.3 is 0 Å². The van der Waals surface area contributed by atoms with Crippen molar-refractivity contribution in [2.24, 2.45) is 0 Å². The zero-order chi connectivity index (χ0) is 21.9. The molecule has 0 unspecified atom stereocenters. The molecule has 0 radical (unpaired) electrons. The van der Waals surface area contributed by atoms with Gasteiger partial charge in [0.1, 0.15) is 0 Å². The van der Waals surface area contributed by atoms with Crippen molar-refractivity contribution in [3.8, 4) is 0 Å². The number of hydrogen-bond donors (Lipinski definition) is 0. The Morgan fingerprint density at radius 3 is 1.41 bits per heavy atom. The van der Waals surface area contributed by atoms with Gasteiger partial charge in [-0.2, -0.15) is 0 Å². The summed E-state index contributed by atoms with van der Waals surface area (Å²) in [7, 11) is 0. The molecule has 0 saturated heterocycles. The van der Waals surface area contributed by atoms with Gasteiger partial charge in [0.25, 0.3) is 0 Å². The first-order valence-electron chi connectivity index (χ1n) is 10.7. The molecule has 0 atom stereocenters. The Balaban J connectivity index is 1.22. The molecular formula is C28H24N2S2. The van der Waals surface area contributed by atoms with E-state index < -0.39 is 0 Å². The van der Waals surface area contributed by atoms with E-state index in [0.717, 1.165) is 32.6 Å². The highest BCUT2D eigenvalue weighted by atomic mass is 32.2. The molecular weight excluding hydrogens is 428 g/mol. The van der Waals surface area contributed by atoms with Crippen LogP contribution in [-0.4, -0.2) is 9.97 Å². The molecule has 5 rings (SSSR count). The summed E-state index contributed by atoms with van der Waals surface area (Å²) < 4.78 is 0. The lowest BCUT2D eigenvalue weighted by Crippen LogP contribution is -1.89. The van der Waals surface area contributed by atoms with Crippen molar-refractivity contribution in [1.29, 1.82) is 0 Å². The third-order valence-electron chi connectivity index (χ3n) is 5.60. The van der Waals surface area contributed by atoms with Gasteiger partial charge in [0.05, 0.1) is 21.1 Å². The molecule has 3 aromatic carbocycles. The molecule has 0 aliphatic carbocycles. The zero-order valence-corrected chi connectivity index (χ0v) is 19.8. The molecule has 0 aliphatic rings. The summed E-state index contributed by atoms with van der Waals surface area (Å²) >= 11 is 3.59. The van der Waals surface area contributed by atoms with E-state index in [1.54, 1.807) is 23.5 Å². The molecule has 0 N–H and O–H groups in total. The fourth-order valence-electron chi connectivity index (χ4n) is 3.83. The molecule has 0 aliphatic heterocycles. The number of benzene rings is 3. The van der Waals surface area contributed by atoms with E-state index >= 15 is 0 Å². The second kappa shape index (κ2) is 9.35. The summed E-state index contributed by atoms with van der Waals surface area (Å²) in [4.78, 5) is 9.63. The van der Waals surface area contributed by atoms with Gasteiger partial charge in [-0.25, -0.2) is 9.97 Å². The Morgan fingerprint density at radius 2 is 0.969 bits per heavy atom. The molecule has 0 saturated carbocycles. The largest absolute Gasteiger partial charge is 0.241 e. The van der Waals surface area contributed by atoms with Gasteiger partial charge < -0.3 is 0 Å². The Labute approximate surface area is 197 Å². The van der Waals surface area contributed by atoms with Crippen LogP contribution >= 0.6 is 23.5 Å². The van der Waals surface area contributed by atoms with Gasteiger partial charge in [-0.3, -0.25) is 0 Å². The summed E-state index contributed by atoms with van der Waals surface area (Å²) in [5.41, 5.74) is 7.33. The molecule has 4 heteroatoms. The quantitative estimate of drug-likeness (QED) is 0.244. The topological polar surface area (TPSA) is 25.8 Å². The predicted molar refractivity (Wildman–Crippen MR) is 139 cm³/mol. The molecule has 2 heterocycles. The van der Waals surface area contributed by atoms with E-state index in [1.165, 1.54) is 33.0 Å². The Kier molecular flexibility index (Phi) is 6.15. The summed E-state index contributed by atoms with van der Waals surface area (Å²) in [5.74, 6) is 1.84. The third kappa shape index (κ3) is 4.67. The molecule has 0 bridgehead atoms. The number of hydrogen-bond acceptors (Lipinski definition) is 4. The minimum atomic E-state index is 0.920.